The van der Waals surface area contributed by atoms with Crippen molar-refractivity contribution in [2.45, 2.75) is 13.8 Å². The molecule has 0 aliphatic heterocycles. The predicted molar refractivity (Wildman–Crippen MR) is 81.7 cm³/mol. The molecule has 110 valence electrons. The highest BCUT2D eigenvalue weighted by molar-refractivity contribution is 6.60. The summed E-state index contributed by atoms with van der Waals surface area (Å²) in [6.45, 7) is 6.95. The smallest absolute Gasteiger partial charge is 0.457 e. The maximum absolute atomic E-state index is 11.6. The van der Waals surface area contributed by atoms with Gasteiger partial charge in [-0.05, 0) is 30.9 Å². The maximum atomic E-state index is 11.6. The number of amides is 1. The van der Waals surface area contributed by atoms with Crippen LogP contribution in [0.15, 0.2) is 53.5 Å². The third-order valence-electron chi connectivity index (χ3n) is 2.59. The van der Waals surface area contributed by atoms with Crippen LogP contribution in [0.25, 0.3) is 0 Å². The van der Waals surface area contributed by atoms with E-state index in [4.69, 9.17) is 4.74 Å². The second-order valence-electron chi connectivity index (χ2n) is 4.13. The average molecular weight is 288 g/mol. The van der Waals surface area contributed by atoms with Gasteiger partial charge in [-0.2, -0.15) is 5.10 Å². The van der Waals surface area contributed by atoms with Gasteiger partial charge in [-0.25, -0.2) is 5.43 Å². The van der Waals surface area contributed by atoms with Crippen LogP contribution in [0.5, 0.6) is 0 Å². The molecule has 0 aliphatic rings. The van der Waals surface area contributed by atoms with Gasteiger partial charge < -0.3 is 14.8 Å². The highest BCUT2D eigenvalue weighted by atomic mass is 16.5. The first-order valence-corrected chi connectivity index (χ1v) is 6.23. The van der Waals surface area contributed by atoms with Gasteiger partial charge in [0.2, 0.25) is 0 Å². The fourth-order valence-corrected chi connectivity index (χ4v) is 1.39. The highest BCUT2D eigenvalue weighted by Gasteiger charge is 2.14. The first-order chi connectivity index (χ1) is 9.95. The Balaban J connectivity index is 2.67. The number of carbonyl (C=O) groups is 1. The SMILES string of the molecule is C=C(O/C(C)=C\C)C(=O)N/N=C/c1ccccc1B(O)O. The Kier molecular flexibility index (Phi) is 6.38. The fraction of sp³-hybridized carbons (Fsp3) is 0.143. The normalized spacial score (nSPS) is 11.3. The van der Waals surface area contributed by atoms with Crippen LogP contribution in [-0.2, 0) is 9.53 Å². The Morgan fingerprint density at radius 3 is 2.71 bits per heavy atom. The van der Waals surface area contributed by atoms with E-state index in [0.717, 1.165) is 0 Å². The second kappa shape index (κ2) is 8.03. The molecule has 7 heteroatoms. The van der Waals surface area contributed by atoms with E-state index in [0.29, 0.717) is 11.3 Å². The summed E-state index contributed by atoms with van der Waals surface area (Å²) in [6, 6.07) is 6.57. The molecule has 0 aromatic heterocycles. The lowest BCUT2D eigenvalue weighted by Gasteiger charge is -2.07. The van der Waals surface area contributed by atoms with Crippen LogP contribution in [0.2, 0.25) is 0 Å². The molecule has 1 aromatic carbocycles. The summed E-state index contributed by atoms with van der Waals surface area (Å²) in [6.07, 6.45) is 3.00. The molecule has 1 rings (SSSR count). The van der Waals surface area contributed by atoms with Gasteiger partial charge in [-0.15, -0.1) is 0 Å². The van der Waals surface area contributed by atoms with Crippen LogP contribution >= 0.6 is 0 Å². The van der Waals surface area contributed by atoms with Crippen molar-refractivity contribution in [1.82, 2.24) is 5.43 Å². The molecule has 0 unspecified atom stereocenters. The largest absolute Gasteiger partial charge is 0.489 e. The Morgan fingerprint density at radius 2 is 2.10 bits per heavy atom. The number of nitrogens with zero attached hydrogens (tertiary/aromatic N) is 1. The Labute approximate surface area is 123 Å². The molecule has 1 amide bonds. The van der Waals surface area contributed by atoms with Crippen molar-refractivity contribution in [3.8, 4) is 0 Å². The first kappa shape index (κ1) is 16.7. The highest BCUT2D eigenvalue weighted by Crippen LogP contribution is 2.03. The van der Waals surface area contributed by atoms with Crippen LogP contribution in [-0.4, -0.2) is 29.3 Å². The monoisotopic (exact) mass is 288 g/mol. The third-order valence-corrected chi connectivity index (χ3v) is 2.59. The molecular weight excluding hydrogens is 271 g/mol. The molecule has 0 saturated carbocycles. The van der Waals surface area contributed by atoms with Gasteiger partial charge in [-0.3, -0.25) is 4.79 Å². The Morgan fingerprint density at radius 1 is 1.43 bits per heavy atom. The lowest BCUT2D eigenvalue weighted by Crippen LogP contribution is -2.33. The van der Waals surface area contributed by atoms with Crippen LogP contribution in [0.3, 0.4) is 0 Å². The van der Waals surface area contributed by atoms with Crippen LogP contribution < -0.4 is 10.9 Å². The number of allylic oxidation sites excluding steroid dienone is 2. The third kappa shape index (κ3) is 5.25. The molecule has 0 aliphatic carbocycles. The molecule has 0 bridgehead atoms. The van der Waals surface area contributed by atoms with E-state index in [9.17, 15) is 14.8 Å². The number of hydrogen-bond acceptors (Lipinski definition) is 5. The fourth-order valence-electron chi connectivity index (χ4n) is 1.39. The van der Waals surface area contributed by atoms with Crippen molar-refractivity contribution in [2.24, 2.45) is 5.10 Å². The molecule has 6 nitrogen and oxygen atoms in total. The molecule has 0 heterocycles. The lowest BCUT2D eigenvalue weighted by atomic mass is 9.77. The Bertz CT molecular complexity index is 582. The van der Waals surface area contributed by atoms with E-state index in [-0.39, 0.29) is 11.2 Å². The van der Waals surface area contributed by atoms with Crippen molar-refractivity contribution in [2.75, 3.05) is 0 Å². The van der Waals surface area contributed by atoms with E-state index in [1.807, 2.05) is 0 Å². The van der Waals surface area contributed by atoms with E-state index >= 15 is 0 Å². The lowest BCUT2D eigenvalue weighted by molar-refractivity contribution is -0.120. The van der Waals surface area contributed by atoms with Crippen LogP contribution in [0, 0.1) is 0 Å². The van der Waals surface area contributed by atoms with Crippen molar-refractivity contribution >= 4 is 24.7 Å². The van der Waals surface area contributed by atoms with Crippen LogP contribution in [0.1, 0.15) is 19.4 Å². The molecule has 3 N–H and O–H groups in total. The number of hydrazone groups is 1. The van der Waals surface area contributed by atoms with Crippen molar-refractivity contribution in [3.63, 3.8) is 0 Å². The average Bonchev–Trinajstić information content (AvgIpc) is 2.47. The van der Waals surface area contributed by atoms with E-state index in [1.165, 1.54) is 6.21 Å². The van der Waals surface area contributed by atoms with Crippen molar-refractivity contribution in [3.05, 3.63) is 54.0 Å². The zero-order valence-electron chi connectivity index (χ0n) is 11.9. The van der Waals surface area contributed by atoms with Gasteiger partial charge in [0.05, 0.1) is 12.0 Å². The van der Waals surface area contributed by atoms with E-state index in [1.54, 1.807) is 44.2 Å². The van der Waals surface area contributed by atoms with Crippen molar-refractivity contribution in [1.29, 1.82) is 0 Å². The number of hydrogen-bond donors (Lipinski definition) is 3. The summed E-state index contributed by atoms with van der Waals surface area (Å²) in [5.74, 6) is -0.124. The zero-order chi connectivity index (χ0) is 15.8. The van der Waals surface area contributed by atoms with Gasteiger partial charge in [0, 0.05) is 0 Å². The molecule has 1 aromatic rings. The molecule has 0 radical (unpaired) electrons. The predicted octanol–water partition coefficient (Wildman–Crippen LogP) is 0.270. The summed E-state index contributed by atoms with van der Waals surface area (Å²) in [5, 5.41) is 22.1. The van der Waals surface area contributed by atoms with Crippen molar-refractivity contribution < 1.29 is 19.6 Å². The molecule has 0 fully saturated rings. The summed E-state index contributed by atoms with van der Waals surface area (Å²) in [4.78, 5) is 11.6. The second-order valence-corrected chi connectivity index (χ2v) is 4.13. The molecule has 21 heavy (non-hydrogen) atoms. The van der Waals surface area contributed by atoms with Crippen LogP contribution in [0.4, 0.5) is 0 Å². The minimum absolute atomic E-state index is 0.0850. The maximum Gasteiger partial charge on any atom is 0.489 e. The molecule has 0 spiro atoms. The standard InChI is InChI=1S/C14H17BN2O4/c1-4-10(2)21-11(3)14(18)17-16-9-12-7-5-6-8-13(12)15(19)20/h4-9,19-20H,3H2,1-2H3,(H,17,18)/b10-4-,16-9+. The summed E-state index contributed by atoms with van der Waals surface area (Å²) < 4.78 is 5.13. The van der Waals surface area contributed by atoms with Gasteiger partial charge in [0.25, 0.3) is 0 Å². The summed E-state index contributed by atoms with van der Waals surface area (Å²) in [7, 11) is -1.61. The van der Waals surface area contributed by atoms with Gasteiger partial charge in [0.1, 0.15) is 0 Å². The summed E-state index contributed by atoms with van der Waals surface area (Å²) in [5.41, 5.74) is 3.01. The number of carbonyl (C=O) groups excluding carboxylic acids is 1. The minimum atomic E-state index is -1.61. The zero-order valence-corrected chi connectivity index (χ0v) is 11.9. The number of nitrogens with one attached hydrogen (secondary N) is 1. The van der Waals surface area contributed by atoms with Gasteiger partial charge in [0.15, 0.2) is 5.76 Å². The quantitative estimate of drug-likeness (QED) is 0.230. The molecule has 0 atom stereocenters. The number of benzene rings is 1. The number of rotatable bonds is 6. The number of ether oxygens (including phenoxy) is 1. The summed E-state index contributed by atoms with van der Waals surface area (Å²) >= 11 is 0. The van der Waals surface area contributed by atoms with Gasteiger partial charge in [-0.1, -0.05) is 30.8 Å². The minimum Gasteiger partial charge on any atom is -0.457 e. The van der Waals surface area contributed by atoms with Gasteiger partial charge >= 0.3 is 13.0 Å². The van der Waals surface area contributed by atoms with E-state index in [2.05, 4.69) is 17.1 Å². The van der Waals surface area contributed by atoms with E-state index < -0.39 is 13.0 Å². The Hall–Kier alpha value is -2.38. The molecular formula is C14H17BN2O4. The molecule has 0 saturated heterocycles. The topological polar surface area (TPSA) is 91.2 Å². The first-order valence-electron chi connectivity index (χ1n) is 6.23.